The normalized spacial score (nSPS) is 10.3. The lowest BCUT2D eigenvalue weighted by atomic mass is 10.2. The van der Waals surface area contributed by atoms with Crippen molar-refractivity contribution in [1.29, 1.82) is 0 Å². The standard InChI is InChI=1S/C13H8N4OS/c1-2-17-12-5-3-4-10(9(12)6-15-17)16-13(18)11-7-19-8-14-11/h1,3-8H,(H,16,18). The number of benzene rings is 1. The van der Waals surface area contributed by atoms with Gasteiger partial charge in [0.15, 0.2) is 0 Å². The van der Waals surface area contributed by atoms with E-state index in [4.69, 9.17) is 6.42 Å². The first-order chi connectivity index (χ1) is 9.29. The molecule has 1 N–H and O–H groups in total. The maximum atomic E-state index is 12.0. The van der Waals surface area contributed by atoms with E-state index in [1.807, 2.05) is 12.1 Å². The number of rotatable bonds is 2. The summed E-state index contributed by atoms with van der Waals surface area (Å²) < 4.78 is 1.42. The lowest BCUT2D eigenvalue weighted by Crippen LogP contribution is -2.12. The molecule has 92 valence electrons. The summed E-state index contributed by atoms with van der Waals surface area (Å²) in [5.74, 6) is -0.248. The Morgan fingerprint density at radius 1 is 1.47 bits per heavy atom. The Hall–Kier alpha value is -2.65. The van der Waals surface area contributed by atoms with E-state index in [0.29, 0.717) is 11.4 Å². The molecule has 0 atom stereocenters. The van der Waals surface area contributed by atoms with Crippen LogP contribution in [0.3, 0.4) is 0 Å². The summed E-state index contributed by atoms with van der Waals surface area (Å²) >= 11 is 1.37. The molecule has 0 aliphatic heterocycles. The van der Waals surface area contributed by atoms with Crippen LogP contribution < -0.4 is 5.32 Å². The van der Waals surface area contributed by atoms with Gasteiger partial charge in [0.1, 0.15) is 5.69 Å². The van der Waals surface area contributed by atoms with E-state index in [2.05, 4.69) is 21.4 Å². The number of thiazole rings is 1. The van der Waals surface area contributed by atoms with Gasteiger partial charge in [0.25, 0.3) is 5.91 Å². The molecule has 0 aliphatic carbocycles. The zero-order valence-electron chi connectivity index (χ0n) is 9.70. The van der Waals surface area contributed by atoms with Crippen molar-refractivity contribution >= 4 is 33.8 Å². The van der Waals surface area contributed by atoms with Crippen LogP contribution in [0.2, 0.25) is 0 Å². The van der Waals surface area contributed by atoms with Gasteiger partial charge in [0.2, 0.25) is 0 Å². The monoisotopic (exact) mass is 268 g/mol. The Kier molecular flexibility index (Phi) is 2.74. The third-order valence-electron chi connectivity index (χ3n) is 2.65. The predicted molar refractivity (Wildman–Crippen MR) is 74.0 cm³/mol. The van der Waals surface area contributed by atoms with Crippen molar-refractivity contribution in [3.05, 3.63) is 41.0 Å². The quantitative estimate of drug-likeness (QED) is 0.725. The fourth-order valence-corrected chi connectivity index (χ4v) is 2.31. The van der Waals surface area contributed by atoms with Crippen molar-refractivity contribution in [2.45, 2.75) is 0 Å². The molecular weight excluding hydrogens is 260 g/mol. The lowest BCUT2D eigenvalue weighted by molar-refractivity contribution is 0.102. The average molecular weight is 268 g/mol. The Morgan fingerprint density at radius 2 is 2.37 bits per heavy atom. The highest BCUT2D eigenvalue weighted by atomic mass is 32.1. The van der Waals surface area contributed by atoms with Gasteiger partial charge in [-0.25, -0.2) is 4.98 Å². The van der Waals surface area contributed by atoms with E-state index < -0.39 is 0 Å². The van der Waals surface area contributed by atoms with E-state index in [9.17, 15) is 4.79 Å². The van der Waals surface area contributed by atoms with Crippen molar-refractivity contribution in [1.82, 2.24) is 14.8 Å². The van der Waals surface area contributed by atoms with Crippen LogP contribution in [0.15, 0.2) is 35.3 Å². The number of hydrogen-bond acceptors (Lipinski definition) is 4. The highest BCUT2D eigenvalue weighted by molar-refractivity contribution is 7.07. The van der Waals surface area contributed by atoms with Gasteiger partial charge in [-0.1, -0.05) is 12.5 Å². The van der Waals surface area contributed by atoms with Crippen LogP contribution in [0.4, 0.5) is 5.69 Å². The first-order valence-electron chi connectivity index (χ1n) is 5.42. The van der Waals surface area contributed by atoms with Crippen molar-refractivity contribution in [3.8, 4) is 12.5 Å². The molecule has 0 saturated carbocycles. The molecular formula is C13H8N4OS. The number of fused-ring (bicyclic) bond motifs is 1. The number of hydrogen-bond donors (Lipinski definition) is 1. The van der Waals surface area contributed by atoms with Gasteiger partial charge in [-0.3, -0.25) is 4.79 Å². The van der Waals surface area contributed by atoms with E-state index >= 15 is 0 Å². The number of aromatic nitrogens is 3. The minimum atomic E-state index is -0.248. The van der Waals surface area contributed by atoms with Crippen molar-refractivity contribution in [2.75, 3.05) is 5.32 Å². The molecule has 3 aromatic rings. The Bertz CT molecular complexity index is 783. The minimum Gasteiger partial charge on any atom is -0.320 e. The molecule has 1 amide bonds. The second kappa shape index (κ2) is 4.55. The third-order valence-corrected chi connectivity index (χ3v) is 3.24. The van der Waals surface area contributed by atoms with Gasteiger partial charge in [0, 0.05) is 16.8 Å². The van der Waals surface area contributed by atoms with Crippen LogP contribution in [-0.4, -0.2) is 20.7 Å². The molecule has 2 heterocycles. The van der Waals surface area contributed by atoms with Crippen molar-refractivity contribution in [2.24, 2.45) is 0 Å². The molecule has 3 rings (SSSR count). The summed E-state index contributed by atoms with van der Waals surface area (Å²) in [5.41, 5.74) is 3.45. The van der Waals surface area contributed by atoms with Crippen LogP contribution in [0, 0.1) is 12.5 Å². The maximum Gasteiger partial charge on any atom is 0.275 e. The maximum absolute atomic E-state index is 12.0. The van der Waals surface area contributed by atoms with Crippen molar-refractivity contribution in [3.63, 3.8) is 0 Å². The molecule has 0 fully saturated rings. The Morgan fingerprint density at radius 3 is 3.11 bits per heavy atom. The van der Waals surface area contributed by atoms with E-state index in [1.165, 1.54) is 16.0 Å². The fraction of sp³-hybridized carbons (Fsp3) is 0. The van der Waals surface area contributed by atoms with Crippen LogP contribution in [0.25, 0.3) is 10.9 Å². The highest BCUT2D eigenvalue weighted by Crippen LogP contribution is 2.23. The lowest BCUT2D eigenvalue weighted by Gasteiger charge is -2.04. The van der Waals surface area contributed by atoms with Crippen LogP contribution in [0.5, 0.6) is 0 Å². The van der Waals surface area contributed by atoms with E-state index in [0.717, 1.165) is 10.9 Å². The molecule has 0 bridgehead atoms. The summed E-state index contributed by atoms with van der Waals surface area (Å²) in [6.07, 6.45) is 6.97. The molecule has 0 aliphatic rings. The molecule has 19 heavy (non-hydrogen) atoms. The molecule has 1 aromatic carbocycles. The summed E-state index contributed by atoms with van der Waals surface area (Å²) in [6, 6.07) is 7.90. The van der Waals surface area contributed by atoms with Gasteiger partial charge >= 0.3 is 0 Å². The molecule has 6 heteroatoms. The summed E-state index contributed by atoms with van der Waals surface area (Å²) in [6.45, 7) is 0. The number of carbonyl (C=O) groups is 1. The number of amides is 1. The Labute approximate surface area is 112 Å². The van der Waals surface area contributed by atoms with E-state index in [-0.39, 0.29) is 5.91 Å². The first-order valence-corrected chi connectivity index (χ1v) is 6.37. The predicted octanol–water partition coefficient (Wildman–Crippen LogP) is 2.18. The van der Waals surface area contributed by atoms with Gasteiger partial charge in [-0.2, -0.15) is 9.78 Å². The molecule has 2 aromatic heterocycles. The first kappa shape index (κ1) is 11.4. The van der Waals surface area contributed by atoms with Crippen LogP contribution >= 0.6 is 11.3 Å². The fourth-order valence-electron chi connectivity index (χ4n) is 1.77. The number of anilines is 1. The topological polar surface area (TPSA) is 59.8 Å². The second-order valence-electron chi connectivity index (χ2n) is 3.75. The van der Waals surface area contributed by atoms with Crippen molar-refractivity contribution < 1.29 is 4.79 Å². The van der Waals surface area contributed by atoms with Crippen LogP contribution in [0.1, 0.15) is 10.5 Å². The zero-order valence-corrected chi connectivity index (χ0v) is 10.5. The SMILES string of the molecule is C#Cn1ncc2c(NC(=O)c3cscn3)cccc21. The van der Waals surface area contributed by atoms with Gasteiger partial charge in [0.05, 0.1) is 22.9 Å². The molecule has 5 nitrogen and oxygen atoms in total. The second-order valence-corrected chi connectivity index (χ2v) is 4.47. The number of carbonyl (C=O) groups excluding carboxylic acids is 1. The largest absolute Gasteiger partial charge is 0.320 e. The molecule has 0 unspecified atom stereocenters. The Balaban J connectivity index is 2.00. The highest BCUT2D eigenvalue weighted by Gasteiger charge is 2.11. The summed E-state index contributed by atoms with van der Waals surface area (Å²) in [4.78, 5) is 15.9. The number of nitrogens with one attached hydrogen (secondary N) is 1. The molecule has 0 radical (unpaired) electrons. The zero-order chi connectivity index (χ0) is 13.2. The third kappa shape index (κ3) is 1.96. The van der Waals surface area contributed by atoms with Gasteiger partial charge in [-0.15, -0.1) is 11.3 Å². The van der Waals surface area contributed by atoms with Gasteiger partial charge in [-0.05, 0) is 12.1 Å². The molecule has 0 spiro atoms. The minimum absolute atomic E-state index is 0.248. The number of nitrogens with zero attached hydrogens (tertiary/aromatic N) is 3. The van der Waals surface area contributed by atoms with Gasteiger partial charge < -0.3 is 5.32 Å². The molecule has 0 saturated heterocycles. The average Bonchev–Trinajstić information content (AvgIpc) is 3.08. The summed E-state index contributed by atoms with van der Waals surface area (Å²) in [5, 5.41) is 9.36. The number of terminal acetylenes is 1. The smallest absolute Gasteiger partial charge is 0.275 e. The van der Waals surface area contributed by atoms with Crippen LogP contribution in [-0.2, 0) is 0 Å². The summed E-state index contributed by atoms with van der Waals surface area (Å²) in [7, 11) is 0. The van der Waals surface area contributed by atoms with E-state index in [1.54, 1.807) is 23.2 Å².